The zero-order chi connectivity index (χ0) is 25.0. The minimum absolute atomic E-state index is 0.0309. The number of hydrogen-bond acceptors (Lipinski definition) is 4. The van der Waals surface area contributed by atoms with Crippen LogP contribution in [0.25, 0.3) is 11.0 Å². The van der Waals surface area contributed by atoms with Crippen molar-refractivity contribution in [2.45, 2.75) is 76.9 Å². The molecule has 0 aliphatic heterocycles. The number of aryl methyl sites for hydroxylation is 2. The fraction of sp³-hybridized carbons (Fsp3) is 0.571. The molecule has 0 saturated carbocycles. The average molecular weight is 483 g/mol. The van der Waals surface area contributed by atoms with Crippen LogP contribution in [0, 0.1) is 11.7 Å². The van der Waals surface area contributed by atoms with Gasteiger partial charge >= 0.3 is 5.69 Å². The van der Waals surface area contributed by atoms with E-state index in [9.17, 15) is 14.3 Å². The summed E-state index contributed by atoms with van der Waals surface area (Å²) in [6.07, 6.45) is 9.79. The molecule has 3 aromatic rings. The van der Waals surface area contributed by atoms with Crippen LogP contribution in [-0.2, 0) is 13.0 Å². The number of rotatable bonds is 11. The van der Waals surface area contributed by atoms with E-state index in [4.69, 9.17) is 0 Å². The van der Waals surface area contributed by atoms with Crippen molar-refractivity contribution >= 4 is 11.0 Å². The molecular weight excluding hydrogens is 443 g/mol. The van der Waals surface area contributed by atoms with Gasteiger partial charge in [0.25, 0.3) is 0 Å². The van der Waals surface area contributed by atoms with Gasteiger partial charge in [-0.05, 0) is 80.9 Å². The van der Waals surface area contributed by atoms with Crippen LogP contribution in [0.15, 0.2) is 41.5 Å². The molecule has 0 spiro atoms. The number of H-pyrrole nitrogens is 1. The van der Waals surface area contributed by atoms with Gasteiger partial charge in [-0.15, -0.1) is 0 Å². The smallest absolute Gasteiger partial charge is 0.326 e. The standard InChI is InChI=1S/C28H39FN4O2/c1-20(2)26-23-9-8-22(29)18-21(23)10-12-28(26,35)13-17-32(3)15-6-4-5-7-16-33-25-19-30-14-11-24(25)31-27(33)34/h8-9,11,14,18-20,26,35H,4-7,10,12-13,15-17H2,1-3H3,(H,31,34). The minimum Gasteiger partial charge on any atom is -0.389 e. The second-order valence-electron chi connectivity index (χ2n) is 10.6. The van der Waals surface area contributed by atoms with Gasteiger partial charge in [-0.3, -0.25) is 9.55 Å². The maximum atomic E-state index is 13.7. The van der Waals surface area contributed by atoms with E-state index in [0.717, 1.165) is 73.8 Å². The maximum Gasteiger partial charge on any atom is 0.326 e. The number of nitrogens with zero attached hydrogens (tertiary/aromatic N) is 3. The van der Waals surface area contributed by atoms with Gasteiger partial charge in [-0.1, -0.05) is 32.8 Å². The Kier molecular flexibility index (Phi) is 8.07. The van der Waals surface area contributed by atoms with Crippen LogP contribution in [-0.4, -0.2) is 50.3 Å². The van der Waals surface area contributed by atoms with Crippen LogP contribution >= 0.6 is 0 Å². The molecule has 0 bridgehead atoms. The SMILES string of the molecule is CC(C)C1c2ccc(F)cc2CCC1(O)CCN(C)CCCCCCn1c(=O)[nH]c2ccncc21. The number of aliphatic hydroxyl groups is 1. The first-order chi connectivity index (χ1) is 16.8. The van der Waals surface area contributed by atoms with Crippen LogP contribution in [0.4, 0.5) is 4.39 Å². The minimum atomic E-state index is -0.755. The van der Waals surface area contributed by atoms with Gasteiger partial charge in [0.2, 0.25) is 0 Å². The predicted molar refractivity (Wildman–Crippen MR) is 138 cm³/mol. The largest absolute Gasteiger partial charge is 0.389 e. The van der Waals surface area contributed by atoms with Gasteiger partial charge in [0.05, 0.1) is 22.8 Å². The Labute approximate surface area is 207 Å². The van der Waals surface area contributed by atoms with Gasteiger partial charge < -0.3 is 15.0 Å². The summed E-state index contributed by atoms with van der Waals surface area (Å²) in [4.78, 5) is 21.5. The van der Waals surface area contributed by atoms with Gasteiger partial charge in [-0.2, -0.15) is 0 Å². The molecule has 2 heterocycles. The third-order valence-electron chi connectivity index (χ3n) is 7.69. The number of aromatic nitrogens is 3. The Hall–Kier alpha value is -2.51. The molecule has 0 amide bonds. The number of nitrogens with one attached hydrogen (secondary N) is 1. The van der Waals surface area contributed by atoms with Crippen LogP contribution in [0.2, 0.25) is 0 Å². The number of aromatic amines is 1. The van der Waals surface area contributed by atoms with Crippen molar-refractivity contribution in [1.82, 2.24) is 19.4 Å². The molecule has 2 N–H and O–H groups in total. The molecule has 0 saturated heterocycles. The Morgan fingerprint density at radius 2 is 2.03 bits per heavy atom. The summed E-state index contributed by atoms with van der Waals surface area (Å²) >= 11 is 0. The number of imidazole rings is 1. The van der Waals surface area contributed by atoms with E-state index < -0.39 is 5.60 Å². The second-order valence-corrected chi connectivity index (χ2v) is 10.6. The second kappa shape index (κ2) is 11.0. The van der Waals surface area contributed by atoms with Crippen molar-refractivity contribution in [2.75, 3.05) is 20.1 Å². The van der Waals surface area contributed by atoms with Crippen molar-refractivity contribution in [3.8, 4) is 0 Å². The van der Waals surface area contributed by atoms with Crippen molar-refractivity contribution in [2.24, 2.45) is 5.92 Å². The lowest BCUT2D eigenvalue weighted by Crippen LogP contribution is -2.45. The fourth-order valence-corrected chi connectivity index (χ4v) is 5.87. The van der Waals surface area contributed by atoms with Gasteiger partial charge in [-0.25, -0.2) is 9.18 Å². The number of unbranched alkanes of at least 4 members (excludes halogenated alkanes) is 3. The molecule has 0 radical (unpaired) electrons. The van der Waals surface area contributed by atoms with Crippen molar-refractivity contribution in [1.29, 1.82) is 0 Å². The van der Waals surface area contributed by atoms with Gasteiger partial charge in [0.1, 0.15) is 5.82 Å². The predicted octanol–water partition coefficient (Wildman–Crippen LogP) is 4.86. The Morgan fingerprint density at radius 3 is 2.83 bits per heavy atom. The molecule has 4 rings (SSSR count). The van der Waals surface area contributed by atoms with Crippen LogP contribution in [0.1, 0.15) is 69.4 Å². The number of pyridine rings is 1. The van der Waals surface area contributed by atoms with E-state index in [1.165, 1.54) is 6.07 Å². The highest BCUT2D eigenvalue weighted by Gasteiger charge is 2.43. The molecule has 7 heteroatoms. The Morgan fingerprint density at radius 1 is 1.23 bits per heavy atom. The van der Waals surface area contributed by atoms with E-state index >= 15 is 0 Å². The molecule has 35 heavy (non-hydrogen) atoms. The molecule has 1 aromatic carbocycles. The topological polar surface area (TPSA) is 74.2 Å². The molecule has 0 fully saturated rings. The van der Waals surface area contributed by atoms with Crippen molar-refractivity contribution < 1.29 is 9.50 Å². The zero-order valence-electron chi connectivity index (χ0n) is 21.3. The maximum absolute atomic E-state index is 13.7. The first-order valence-corrected chi connectivity index (χ1v) is 13.0. The number of halogens is 1. The van der Waals surface area contributed by atoms with Crippen molar-refractivity contribution in [3.63, 3.8) is 0 Å². The summed E-state index contributed by atoms with van der Waals surface area (Å²) in [6, 6.07) is 6.87. The number of fused-ring (bicyclic) bond motifs is 2. The highest BCUT2D eigenvalue weighted by atomic mass is 19.1. The van der Waals surface area contributed by atoms with Crippen LogP contribution in [0.5, 0.6) is 0 Å². The summed E-state index contributed by atoms with van der Waals surface area (Å²) in [7, 11) is 2.12. The molecule has 2 aromatic heterocycles. The molecule has 1 aliphatic carbocycles. The fourth-order valence-electron chi connectivity index (χ4n) is 5.87. The van der Waals surface area contributed by atoms with Crippen molar-refractivity contribution in [3.05, 3.63) is 64.1 Å². The molecule has 6 nitrogen and oxygen atoms in total. The highest BCUT2D eigenvalue weighted by molar-refractivity contribution is 5.73. The summed E-state index contributed by atoms with van der Waals surface area (Å²) in [5.74, 6) is 0.126. The number of hydrogen-bond donors (Lipinski definition) is 2. The molecule has 190 valence electrons. The number of benzene rings is 1. The summed E-state index contributed by atoms with van der Waals surface area (Å²) in [5.41, 5.74) is 3.04. The summed E-state index contributed by atoms with van der Waals surface area (Å²) in [5, 5.41) is 11.6. The summed E-state index contributed by atoms with van der Waals surface area (Å²) < 4.78 is 15.5. The van der Waals surface area contributed by atoms with Crippen LogP contribution < -0.4 is 5.69 Å². The van der Waals surface area contributed by atoms with Gasteiger partial charge in [0, 0.05) is 25.2 Å². The normalized spacial score (nSPS) is 20.1. The van der Waals surface area contributed by atoms with E-state index in [1.807, 2.05) is 12.1 Å². The Balaban J connectivity index is 1.21. The molecular formula is C28H39FN4O2. The highest BCUT2D eigenvalue weighted by Crippen LogP contribution is 2.45. The molecule has 1 aliphatic rings. The van der Waals surface area contributed by atoms with E-state index in [1.54, 1.807) is 23.0 Å². The Bertz CT molecular complexity index is 1190. The lowest BCUT2D eigenvalue weighted by atomic mass is 9.66. The molecule has 2 unspecified atom stereocenters. The molecule has 2 atom stereocenters. The zero-order valence-corrected chi connectivity index (χ0v) is 21.3. The quantitative estimate of drug-likeness (QED) is 0.383. The van der Waals surface area contributed by atoms with Gasteiger partial charge in [0.15, 0.2) is 0 Å². The first-order valence-electron chi connectivity index (χ1n) is 13.0. The lowest BCUT2D eigenvalue weighted by molar-refractivity contribution is -0.0301. The van der Waals surface area contributed by atoms with Crippen LogP contribution in [0.3, 0.4) is 0 Å². The lowest BCUT2D eigenvalue weighted by Gasteiger charge is -2.44. The third-order valence-corrected chi connectivity index (χ3v) is 7.69. The summed E-state index contributed by atoms with van der Waals surface area (Å²) in [6.45, 7) is 6.84. The first kappa shape index (κ1) is 25.6. The average Bonchev–Trinajstić information content (AvgIpc) is 3.14. The van der Waals surface area contributed by atoms with E-state index in [2.05, 4.69) is 35.8 Å². The van der Waals surface area contributed by atoms with E-state index in [0.29, 0.717) is 13.0 Å². The van der Waals surface area contributed by atoms with E-state index in [-0.39, 0.29) is 23.3 Å². The monoisotopic (exact) mass is 482 g/mol. The third kappa shape index (κ3) is 5.84.